The summed E-state index contributed by atoms with van der Waals surface area (Å²) in [5.74, 6) is -0.888. The summed E-state index contributed by atoms with van der Waals surface area (Å²) in [6, 6.07) is 4.04. The Hall–Kier alpha value is -1.46. The molecule has 1 heterocycles. The number of carbonyl (C=O) groups is 1. The number of ketones is 1. The third kappa shape index (κ3) is 4.02. The summed E-state index contributed by atoms with van der Waals surface area (Å²) < 4.78 is 13.2. The number of piperazine rings is 1. The minimum Gasteiger partial charge on any atom is -0.507 e. The number of halogens is 1. The third-order valence-corrected chi connectivity index (χ3v) is 4.25. The van der Waals surface area contributed by atoms with Crippen molar-refractivity contribution in [1.82, 2.24) is 9.80 Å². The molecule has 0 aliphatic carbocycles. The van der Waals surface area contributed by atoms with Gasteiger partial charge < -0.3 is 5.11 Å². The second-order valence-corrected chi connectivity index (χ2v) is 5.65. The first kappa shape index (κ1) is 15.9. The quantitative estimate of drug-likeness (QED) is 0.845. The van der Waals surface area contributed by atoms with Crippen molar-refractivity contribution in [2.45, 2.75) is 26.3 Å². The van der Waals surface area contributed by atoms with Crippen LogP contribution < -0.4 is 0 Å². The van der Waals surface area contributed by atoms with Gasteiger partial charge in [0.25, 0.3) is 0 Å². The van der Waals surface area contributed by atoms with Crippen molar-refractivity contribution in [2.75, 3.05) is 32.7 Å². The lowest BCUT2D eigenvalue weighted by Crippen LogP contribution is -2.50. The highest BCUT2D eigenvalue weighted by Gasteiger charge is 2.22. The van der Waals surface area contributed by atoms with Crippen LogP contribution in [0.1, 0.15) is 30.6 Å². The summed E-state index contributed by atoms with van der Waals surface area (Å²) in [4.78, 5) is 16.7. The highest BCUT2D eigenvalue weighted by atomic mass is 19.1. The Labute approximate surface area is 125 Å². The molecule has 0 bridgehead atoms. The summed E-state index contributed by atoms with van der Waals surface area (Å²) in [6.07, 6.45) is 1.12. The molecule has 5 heteroatoms. The predicted octanol–water partition coefficient (Wildman–Crippen LogP) is 2.13. The first-order valence-electron chi connectivity index (χ1n) is 7.49. The molecule has 1 aromatic carbocycles. The van der Waals surface area contributed by atoms with Gasteiger partial charge in [-0.15, -0.1) is 0 Å². The minimum absolute atomic E-state index is 0.0688. The number of nitrogens with zero attached hydrogens (tertiary/aromatic N) is 2. The number of carbonyl (C=O) groups excluding carboxylic acids is 1. The van der Waals surface area contributed by atoms with Crippen molar-refractivity contribution in [1.29, 1.82) is 0 Å². The first-order valence-corrected chi connectivity index (χ1v) is 7.49. The van der Waals surface area contributed by atoms with E-state index < -0.39 is 5.82 Å². The van der Waals surface area contributed by atoms with E-state index in [9.17, 15) is 14.3 Å². The summed E-state index contributed by atoms with van der Waals surface area (Å²) >= 11 is 0. The smallest absolute Gasteiger partial charge is 0.180 e. The molecule has 1 fully saturated rings. The Kier molecular flexibility index (Phi) is 5.31. The number of hydrogen-bond acceptors (Lipinski definition) is 4. The lowest BCUT2D eigenvalue weighted by atomic mass is 10.1. The highest BCUT2D eigenvalue weighted by Crippen LogP contribution is 2.19. The van der Waals surface area contributed by atoms with Crippen LogP contribution in [0.15, 0.2) is 18.2 Å². The van der Waals surface area contributed by atoms with Crippen LogP contribution in [-0.2, 0) is 0 Å². The fourth-order valence-electron chi connectivity index (χ4n) is 2.64. The average molecular weight is 294 g/mol. The van der Waals surface area contributed by atoms with Crippen molar-refractivity contribution in [3.8, 4) is 5.75 Å². The second-order valence-electron chi connectivity index (χ2n) is 5.65. The molecule has 2 rings (SSSR count). The normalized spacial score (nSPS) is 18.6. The summed E-state index contributed by atoms with van der Waals surface area (Å²) in [7, 11) is 0. The molecule has 21 heavy (non-hydrogen) atoms. The molecule has 1 unspecified atom stereocenters. The molecule has 0 saturated carbocycles. The Morgan fingerprint density at radius 2 is 2.00 bits per heavy atom. The second kappa shape index (κ2) is 7.00. The maximum absolute atomic E-state index is 13.2. The Morgan fingerprint density at radius 3 is 2.62 bits per heavy atom. The molecule has 1 atom stereocenters. The zero-order valence-electron chi connectivity index (χ0n) is 12.7. The minimum atomic E-state index is -0.502. The molecule has 0 aromatic heterocycles. The van der Waals surface area contributed by atoms with E-state index in [1.54, 1.807) is 0 Å². The highest BCUT2D eigenvalue weighted by molar-refractivity contribution is 6.00. The number of benzene rings is 1. The Morgan fingerprint density at radius 1 is 1.33 bits per heavy atom. The first-order chi connectivity index (χ1) is 10.0. The van der Waals surface area contributed by atoms with Crippen molar-refractivity contribution in [3.63, 3.8) is 0 Å². The molecule has 0 radical (unpaired) electrons. The zero-order valence-corrected chi connectivity index (χ0v) is 12.7. The van der Waals surface area contributed by atoms with Gasteiger partial charge in [-0.25, -0.2) is 4.39 Å². The van der Waals surface area contributed by atoms with E-state index in [2.05, 4.69) is 23.6 Å². The summed E-state index contributed by atoms with van der Waals surface area (Å²) in [5.41, 5.74) is 0.0688. The van der Waals surface area contributed by atoms with Crippen molar-refractivity contribution < 1.29 is 14.3 Å². The van der Waals surface area contributed by atoms with Crippen LogP contribution in [0.25, 0.3) is 0 Å². The van der Waals surface area contributed by atoms with Crippen LogP contribution in [0, 0.1) is 5.82 Å². The summed E-state index contributed by atoms with van der Waals surface area (Å²) in [5, 5.41) is 9.67. The SMILES string of the molecule is CCC(C)N1CCN(CC(=O)c2cc(F)ccc2O)CC1. The number of aromatic hydroxyl groups is 1. The van der Waals surface area contributed by atoms with Gasteiger partial charge in [-0.2, -0.15) is 0 Å². The van der Waals surface area contributed by atoms with Crippen LogP contribution in [0.2, 0.25) is 0 Å². The number of hydrogen-bond donors (Lipinski definition) is 1. The van der Waals surface area contributed by atoms with Crippen molar-refractivity contribution >= 4 is 5.78 Å². The van der Waals surface area contributed by atoms with Crippen LogP contribution in [0.5, 0.6) is 5.75 Å². The molecule has 1 aliphatic heterocycles. The number of Topliss-reactive ketones (excluding diaryl/α,β-unsaturated/α-hetero) is 1. The molecule has 116 valence electrons. The van der Waals surface area contributed by atoms with E-state index in [0.717, 1.165) is 44.7 Å². The number of rotatable bonds is 5. The van der Waals surface area contributed by atoms with Gasteiger partial charge in [0.2, 0.25) is 0 Å². The standard InChI is InChI=1S/C16H23FN2O2/c1-3-12(2)19-8-6-18(7-9-19)11-16(21)14-10-13(17)4-5-15(14)20/h4-5,10,12,20H,3,6-9,11H2,1-2H3. The fraction of sp³-hybridized carbons (Fsp3) is 0.562. The lowest BCUT2D eigenvalue weighted by molar-refractivity contribution is 0.0782. The molecular formula is C16H23FN2O2. The maximum Gasteiger partial charge on any atom is 0.180 e. The molecule has 1 saturated heterocycles. The van der Waals surface area contributed by atoms with E-state index in [4.69, 9.17) is 0 Å². The molecule has 0 spiro atoms. The molecule has 1 N–H and O–H groups in total. The van der Waals surface area contributed by atoms with Crippen LogP contribution in [-0.4, -0.2) is 59.5 Å². The van der Waals surface area contributed by atoms with Gasteiger partial charge in [0.05, 0.1) is 12.1 Å². The summed E-state index contributed by atoms with van der Waals surface area (Å²) in [6.45, 7) is 8.15. The van der Waals surface area contributed by atoms with Crippen LogP contribution in [0.3, 0.4) is 0 Å². The van der Waals surface area contributed by atoms with Gasteiger partial charge in [-0.05, 0) is 31.5 Å². The van der Waals surface area contributed by atoms with Gasteiger partial charge in [-0.3, -0.25) is 14.6 Å². The van der Waals surface area contributed by atoms with E-state index >= 15 is 0 Å². The van der Waals surface area contributed by atoms with E-state index in [-0.39, 0.29) is 23.6 Å². The molecule has 0 amide bonds. The van der Waals surface area contributed by atoms with Crippen molar-refractivity contribution in [3.05, 3.63) is 29.6 Å². The fourth-order valence-corrected chi connectivity index (χ4v) is 2.64. The van der Waals surface area contributed by atoms with Crippen LogP contribution in [0.4, 0.5) is 4.39 Å². The van der Waals surface area contributed by atoms with E-state index in [0.29, 0.717) is 6.04 Å². The molecule has 1 aliphatic rings. The molecule has 4 nitrogen and oxygen atoms in total. The Bertz CT molecular complexity index is 499. The maximum atomic E-state index is 13.2. The predicted molar refractivity (Wildman–Crippen MR) is 80.2 cm³/mol. The zero-order chi connectivity index (χ0) is 15.4. The van der Waals surface area contributed by atoms with Crippen molar-refractivity contribution in [2.24, 2.45) is 0 Å². The van der Waals surface area contributed by atoms with Gasteiger partial charge in [-0.1, -0.05) is 6.92 Å². The number of phenols is 1. The van der Waals surface area contributed by atoms with Crippen LogP contribution >= 0.6 is 0 Å². The van der Waals surface area contributed by atoms with E-state index in [1.807, 2.05) is 0 Å². The van der Waals surface area contributed by atoms with Gasteiger partial charge in [0, 0.05) is 32.2 Å². The largest absolute Gasteiger partial charge is 0.507 e. The van der Waals surface area contributed by atoms with Gasteiger partial charge in [0.15, 0.2) is 5.78 Å². The lowest BCUT2D eigenvalue weighted by Gasteiger charge is -2.37. The molecule has 1 aromatic rings. The molecular weight excluding hydrogens is 271 g/mol. The van der Waals surface area contributed by atoms with Gasteiger partial charge >= 0.3 is 0 Å². The monoisotopic (exact) mass is 294 g/mol. The Balaban J connectivity index is 1.91. The average Bonchev–Trinajstić information content (AvgIpc) is 2.49. The topological polar surface area (TPSA) is 43.8 Å². The van der Waals surface area contributed by atoms with Gasteiger partial charge in [0.1, 0.15) is 11.6 Å². The van der Waals surface area contributed by atoms with E-state index in [1.165, 1.54) is 6.07 Å². The number of phenolic OH excluding ortho intramolecular Hbond substituents is 1. The third-order valence-electron chi connectivity index (χ3n) is 4.25.